The highest BCUT2D eigenvalue weighted by atomic mass is 16.5. The van der Waals surface area contributed by atoms with Crippen LogP contribution in [0.5, 0.6) is 0 Å². The minimum absolute atomic E-state index is 0.609. The average Bonchev–Trinajstić information content (AvgIpc) is 3.15. The summed E-state index contributed by atoms with van der Waals surface area (Å²) in [5.41, 5.74) is 2.68. The summed E-state index contributed by atoms with van der Waals surface area (Å²) in [6, 6.07) is 15.7. The van der Waals surface area contributed by atoms with Gasteiger partial charge in [0, 0.05) is 12.1 Å². The highest BCUT2D eigenvalue weighted by Crippen LogP contribution is 2.11. The molecule has 2 heterocycles. The summed E-state index contributed by atoms with van der Waals surface area (Å²) >= 11 is 0. The van der Waals surface area contributed by atoms with Crippen molar-refractivity contribution in [2.75, 3.05) is 5.06 Å². The highest BCUT2D eigenvalue weighted by Gasteiger charge is 2.12. The van der Waals surface area contributed by atoms with Crippen LogP contribution in [0, 0.1) is 0 Å². The van der Waals surface area contributed by atoms with Crippen LogP contribution in [0.2, 0.25) is 0 Å². The van der Waals surface area contributed by atoms with E-state index in [1.165, 1.54) is 0 Å². The summed E-state index contributed by atoms with van der Waals surface area (Å²) in [6.45, 7) is 0.641. The van der Waals surface area contributed by atoms with Gasteiger partial charge in [-0.15, -0.1) is 0 Å². The summed E-state index contributed by atoms with van der Waals surface area (Å²) in [5.74, 6) is 0.609. The number of hydroxylamine groups is 1. The van der Waals surface area contributed by atoms with Crippen molar-refractivity contribution in [1.29, 1.82) is 0 Å². The lowest BCUT2D eigenvalue weighted by Gasteiger charge is -2.19. The third-order valence-electron chi connectivity index (χ3n) is 3.82. The van der Waals surface area contributed by atoms with Crippen molar-refractivity contribution in [3.8, 4) is 0 Å². The van der Waals surface area contributed by atoms with E-state index < -0.39 is 0 Å². The molecule has 0 saturated carbocycles. The van der Waals surface area contributed by atoms with E-state index in [1.807, 2.05) is 48.5 Å². The van der Waals surface area contributed by atoms with Gasteiger partial charge in [-0.05, 0) is 22.9 Å². The number of nitrogens with one attached hydrogen (secondary N) is 1. The molecule has 0 aliphatic carbocycles. The zero-order chi connectivity index (χ0) is 16.4. The Kier molecular flexibility index (Phi) is 3.64. The van der Waals surface area contributed by atoms with E-state index in [1.54, 1.807) is 18.6 Å². The molecule has 2 N–H and O–H groups in total. The number of benzene rings is 2. The Hall–Kier alpha value is -3.25. The Balaban J connectivity index is 1.62. The van der Waals surface area contributed by atoms with Crippen LogP contribution in [-0.4, -0.2) is 17.6 Å². The second kappa shape index (κ2) is 6.10. The van der Waals surface area contributed by atoms with Crippen LogP contribution in [0.15, 0.2) is 75.7 Å². The van der Waals surface area contributed by atoms with Gasteiger partial charge in [0.2, 0.25) is 0 Å². The summed E-state index contributed by atoms with van der Waals surface area (Å²) in [4.78, 5) is 4.55. The quantitative estimate of drug-likeness (QED) is 0.897. The van der Waals surface area contributed by atoms with E-state index in [2.05, 4.69) is 20.5 Å². The van der Waals surface area contributed by atoms with Crippen LogP contribution in [-0.2, 0) is 6.54 Å². The average molecular weight is 317 g/mol. The molecule has 118 valence electrons. The summed E-state index contributed by atoms with van der Waals surface area (Å²) in [7, 11) is 0. The minimum atomic E-state index is 0.609. The van der Waals surface area contributed by atoms with Crippen molar-refractivity contribution in [1.82, 2.24) is 5.32 Å². The maximum Gasteiger partial charge on any atom is 0.145 e. The van der Waals surface area contributed by atoms with E-state index in [9.17, 15) is 5.21 Å². The zero-order valence-corrected chi connectivity index (χ0v) is 12.8. The van der Waals surface area contributed by atoms with Crippen molar-refractivity contribution in [3.63, 3.8) is 0 Å². The van der Waals surface area contributed by atoms with Crippen LogP contribution in [0.25, 0.3) is 5.57 Å². The van der Waals surface area contributed by atoms with Gasteiger partial charge in [0.25, 0.3) is 0 Å². The second-order valence-corrected chi connectivity index (χ2v) is 5.46. The number of rotatable bonds is 3. The Morgan fingerprint density at radius 1 is 1.00 bits per heavy atom. The molecule has 24 heavy (non-hydrogen) atoms. The molecule has 2 aromatic carbocycles. The van der Waals surface area contributed by atoms with E-state index in [4.69, 9.17) is 0 Å². The van der Waals surface area contributed by atoms with Crippen LogP contribution in [0.4, 0.5) is 5.69 Å². The van der Waals surface area contributed by atoms with Crippen molar-refractivity contribution >= 4 is 23.7 Å². The van der Waals surface area contributed by atoms with E-state index in [0.717, 1.165) is 21.4 Å². The Morgan fingerprint density at radius 3 is 2.58 bits per heavy atom. The first-order valence-electron chi connectivity index (χ1n) is 7.57. The maximum atomic E-state index is 10.3. The fourth-order valence-electron chi connectivity index (χ4n) is 2.57. The van der Waals surface area contributed by atoms with E-state index >= 15 is 0 Å². The first kappa shape index (κ1) is 14.3. The van der Waals surface area contributed by atoms with Crippen LogP contribution >= 0.6 is 0 Å². The van der Waals surface area contributed by atoms with Gasteiger partial charge < -0.3 is 5.32 Å². The van der Waals surface area contributed by atoms with Crippen molar-refractivity contribution < 1.29 is 5.21 Å². The molecule has 4 rings (SSSR count). The highest BCUT2D eigenvalue weighted by molar-refractivity contribution is 6.30. The molecular weight excluding hydrogens is 302 g/mol. The number of fused-ring (bicyclic) bond motifs is 1. The maximum absolute atomic E-state index is 10.3. The Morgan fingerprint density at radius 2 is 1.79 bits per heavy atom. The molecule has 0 fully saturated rings. The first-order valence-corrected chi connectivity index (χ1v) is 7.57. The van der Waals surface area contributed by atoms with Gasteiger partial charge in [-0.2, -0.15) is 10.2 Å². The Bertz CT molecular complexity index is 962. The molecule has 0 bridgehead atoms. The second-order valence-electron chi connectivity index (χ2n) is 5.46. The topological polar surface area (TPSA) is 72.6 Å². The largest absolute Gasteiger partial charge is 0.365 e. The molecule has 0 saturated heterocycles. The number of hydrogen-bond donors (Lipinski definition) is 2. The third-order valence-corrected chi connectivity index (χ3v) is 3.82. The molecule has 6 nitrogen and oxygen atoms in total. The molecule has 0 spiro atoms. The van der Waals surface area contributed by atoms with Gasteiger partial charge in [0.15, 0.2) is 0 Å². The van der Waals surface area contributed by atoms with Crippen LogP contribution < -0.4 is 21.0 Å². The molecule has 6 heteroatoms. The third kappa shape index (κ3) is 2.82. The predicted octanol–water partition coefficient (Wildman–Crippen LogP) is 1.33. The smallest absolute Gasteiger partial charge is 0.145 e. The van der Waals surface area contributed by atoms with E-state index in [0.29, 0.717) is 23.4 Å². The molecular formula is C18H15N5O. The molecule has 2 aliphatic rings. The molecule has 0 amide bonds. The first-order chi connectivity index (χ1) is 11.8. The standard InChI is InChI=1S/C18H15N5O/c24-23-12-18(19-9-13-4-2-1-3-5-13)22-16-7-6-14(8-17(16)23)15-10-20-21-11-15/h1-8,10-12,19,24H,9H2. The Labute approximate surface area is 138 Å². The lowest BCUT2D eigenvalue weighted by molar-refractivity contribution is 0.291. The molecule has 2 aromatic rings. The number of nitrogens with zero attached hydrogens (tertiary/aromatic N) is 4. The van der Waals surface area contributed by atoms with Gasteiger partial charge >= 0.3 is 0 Å². The van der Waals surface area contributed by atoms with Crippen LogP contribution in [0.3, 0.4) is 0 Å². The monoisotopic (exact) mass is 317 g/mol. The van der Waals surface area contributed by atoms with Crippen molar-refractivity contribution in [3.05, 3.63) is 76.7 Å². The predicted molar refractivity (Wildman–Crippen MR) is 93.2 cm³/mol. The van der Waals surface area contributed by atoms with Crippen LogP contribution in [0.1, 0.15) is 5.56 Å². The minimum Gasteiger partial charge on any atom is -0.365 e. The fraction of sp³-hybridized carbons (Fsp3) is 0.0556. The molecule has 2 aliphatic heterocycles. The molecule has 0 aromatic heterocycles. The summed E-state index contributed by atoms with van der Waals surface area (Å²) in [5, 5.41) is 23.9. The van der Waals surface area contributed by atoms with Gasteiger partial charge in [0.05, 0.1) is 29.7 Å². The molecule has 0 atom stereocenters. The van der Waals surface area contributed by atoms with E-state index in [-0.39, 0.29) is 0 Å². The zero-order valence-electron chi connectivity index (χ0n) is 12.8. The van der Waals surface area contributed by atoms with Gasteiger partial charge in [-0.1, -0.05) is 36.4 Å². The normalized spacial score (nSPS) is 15.1. The lowest BCUT2D eigenvalue weighted by Crippen LogP contribution is -2.29. The van der Waals surface area contributed by atoms with Crippen molar-refractivity contribution in [2.24, 2.45) is 15.2 Å². The SMILES string of the molecule is ON1C=C(NCc2ccccc2)N=c2ccc(=C3C=NN=C3)cc21. The fourth-order valence-corrected chi connectivity index (χ4v) is 2.57. The molecule has 0 unspecified atom stereocenters. The number of hydrogen-bond acceptors (Lipinski definition) is 6. The summed E-state index contributed by atoms with van der Waals surface area (Å²) in [6.07, 6.45) is 4.94. The van der Waals surface area contributed by atoms with Gasteiger partial charge in [0.1, 0.15) is 5.82 Å². The number of anilines is 1. The van der Waals surface area contributed by atoms with Crippen molar-refractivity contribution in [2.45, 2.75) is 6.54 Å². The summed E-state index contributed by atoms with van der Waals surface area (Å²) < 4.78 is 0. The molecule has 0 radical (unpaired) electrons. The van der Waals surface area contributed by atoms with Gasteiger partial charge in [-0.3, -0.25) is 5.21 Å². The lowest BCUT2D eigenvalue weighted by atomic mass is 10.1. The van der Waals surface area contributed by atoms with Gasteiger partial charge in [-0.25, -0.2) is 10.1 Å².